The minimum atomic E-state index is 0.292. The third-order valence-corrected chi connectivity index (χ3v) is 6.12. The Bertz CT molecular complexity index is 346. The number of aliphatic hydroxyl groups excluding tert-OH is 1. The van der Waals surface area contributed by atoms with Crippen molar-refractivity contribution in [3.05, 3.63) is 0 Å². The quantitative estimate of drug-likeness (QED) is 0.762. The molecule has 3 unspecified atom stereocenters. The summed E-state index contributed by atoms with van der Waals surface area (Å²) in [5, 5.41) is 12.7. The van der Waals surface area contributed by atoms with Gasteiger partial charge in [-0.1, -0.05) is 6.92 Å². The van der Waals surface area contributed by atoms with Crippen LogP contribution in [0.15, 0.2) is 0 Å². The van der Waals surface area contributed by atoms with Crippen LogP contribution in [0.3, 0.4) is 0 Å². The van der Waals surface area contributed by atoms with E-state index in [1.807, 2.05) is 0 Å². The average molecular weight is 325 g/mol. The van der Waals surface area contributed by atoms with E-state index in [-0.39, 0.29) is 0 Å². The number of rotatable bonds is 5. The normalized spacial score (nSPS) is 35.5. The zero-order valence-electron chi connectivity index (χ0n) is 14.9. The van der Waals surface area contributed by atoms with Crippen LogP contribution in [-0.4, -0.2) is 97.9 Å². The molecule has 0 aromatic carbocycles. The summed E-state index contributed by atoms with van der Waals surface area (Å²) in [7, 11) is 0. The molecule has 3 heterocycles. The maximum atomic E-state index is 9.11. The molecule has 5 heteroatoms. The van der Waals surface area contributed by atoms with Gasteiger partial charge in [0.25, 0.3) is 0 Å². The van der Waals surface area contributed by atoms with Gasteiger partial charge in [0, 0.05) is 58.4 Å². The number of piperazine rings is 1. The van der Waals surface area contributed by atoms with Crippen molar-refractivity contribution < 1.29 is 5.11 Å². The maximum Gasteiger partial charge on any atom is 0.0558 e. The molecule has 0 radical (unpaired) electrons. The van der Waals surface area contributed by atoms with Gasteiger partial charge in [-0.3, -0.25) is 9.80 Å². The van der Waals surface area contributed by atoms with Gasteiger partial charge in [0.15, 0.2) is 0 Å². The summed E-state index contributed by atoms with van der Waals surface area (Å²) in [6, 6.07) is 0.706. The predicted molar refractivity (Wildman–Crippen MR) is 94.7 cm³/mol. The van der Waals surface area contributed by atoms with Crippen molar-refractivity contribution in [3.63, 3.8) is 0 Å². The Hall–Kier alpha value is -0.200. The Balaban J connectivity index is 1.52. The number of aliphatic hydroxyl groups is 1. The second kappa shape index (κ2) is 8.77. The zero-order chi connectivity index (χ0) is 16.1. The van der Waals surface area contributed by atoms with E-state index in [1.54, 1.807) is 0 Å². The van der Waals surface area contributed by atoms with E-state index in [1.165, 1.54) is 58.5 Å². The molecule has 3 aliphatic rings. The Kier molecular flexibility index (Phi) is 6.72. The zero-order valence-corrected chi connectivity index (χ0v) is 14.9. The van der Waals surface area contributed by atoms with Gasteiger partial charge in [-0.2, -0.15) is 0 Å². The molecule has 5 nitrogen and oxygen atoms in total. The lowest BCUT2D eigenvalue weighted by Crippen LogP contribution is -2.59. The molecule has 134 valence electrons. The first-order valence-electron chi connectivity index (χ1n) is 9.76. The number of nitrogens with zero attached hydrogens (tertiary/aromatic N) is 3. The molecule has 0 amide bonds. The summed E-state index contributed by atoms with van der Waals surface area (Å²) in [4.78, 5) is 7.85. The van der Waals surface area contributed by atoms with Gasteiger partial charge in [-0.15, -0.1) is 0 Å². The molecule has 3 saturated heterocycles. The van der Waals surface area contributed by atoms with Crippen LogP contribution in [0.2, 0.25) is 0 Å². The van der Waals surface area contributed by atoms with Crippen LogP contribution in [0.5, 0.6) is 0 Å². The van der Waals surface area contributed by atoms with Crippen LogP contribution in [0.1, 0.15) is 26.2 Å². The number of piperidine rings is 2. The van der Waals surface area contributed by atoms with Crippen molar-refractivity contribution in [2.75, 3.05) is 72.1 Å². The first-order chi connectivity index (χ1) is 11.3. The smallest absolute Gasteiger partial charge is 0.0558 e. The summed E-state index contributed by atoms with van der Waals surface area (Å²) < 4.78 is 0. The van der Waals surface area contributed by atoms with Crippen LogP contribution in [0.4, 0.5) is 0 Å². The standard InChI is InChI=1S/C18H36N4O/c1-16-3-2-6-21(14-16)15-17-4-5-19-13-18(17)22-9-7-20(8-10-22)11-12-23/h16-19,23H,2-15H2,1H3. The highest BCUT2D eigenvalue weighted by Crippen LogP contribution is 2.24. The average Bonchev–Trinajstić information content (AvgIpc) is 2.57. The maximum absolute atomic E-state index is 9.11. The Morgan fingerprint density at radius 3 is 2.61 bits per heavy atom. The van der Waals surface area contributed by atoms with E-state index in [9.17, 15) is 0 Å². The van der Waals surface area contributed by atoms with Crippen LogP contribution in [0, 0.1) is 11.8 Å². The molecule has 0 aromatic heterocycles. The largest absolute Gasteiger partial charge is 0.395 e. The first-order valence-corrected chi connectivity index (χ1v) is 9.76. The molecule has 3 fully saturated rings. The highest BCUT2D eigenvalue weighted by Gasteiger charge is 2.33. The number of nitrogens with one attached hydrogen (secondary N) is 1. The van der Waals surface area contributed by atoms with Crippen molar-refractivity contribution in [3.8, 4) is 0 Å². The fourth-order valence-corrected chi connectivity index (χ4v) is 4.78. The lowest BCUT2D eigenvalue weighted by Gasteiger charge is -2.46. The third kappa shape index (κ3) is 4.89. The third-order valence-electron chi connectivity index (χ3n) is 6.12. The van der Waals surface area contributed by atoms with Crippen molar-refractivity contribution in [2.24, 2.45) is 11.8 Å². The summed E-state index contributed by atoms with van der Waals surface area (Å²) in [5.74, 6) is 1.71. The van der Waals surface area contributed by atoms with Crippen LogP contribution >= 0.6 is 0 Å². The summed E-state index contributed by atoms with van der Waals surface area (Å²) in [6.07, 6.45) is 4.13. The fourth-order valence-electron chi connectivity index (χ4n) is 4.78. The van der Waals surface area contributed by atoms with Gasteiger partial charge in [0.2, 0.25) is 0 Å². The number of likely N-dealkylation sites (tertiary alicyclic amines) is 1. The van der Waals surface area contributed by atoms with E-state index < -0.39 is 0 Å². The topological polar surface area (TPSA) is 42.0 Å². The number of hydrogen-bond donors (Lipinski definition) is 2. The van der Waals surface area contributed by atoms with Gasteiger partial charge < -0.3 is 15.3 Å². The van der Waals surface area contributed by atoms with Crippen molar-refractivity contribution in [2.45, 2.75) is 32.2 Å². The molecule has 3 rings (SSSR count). The van der Waals surface area contributed by atoms with E-state index in [4.69, 9.17) is 5.11 Å². The highest BCUT2D eigenvalue weighted by molar-refractivity contribution is 4.90. The molecular formula is C18H36N4O. The molecule has 3 aliphatic heterocycles. The molecule has 0 spiro atoms. The number of hydrogen-bond acceptors (Lipinski definition) is 5. The second-order valence-corrected chi connectivity index (χ2v) is 7.93. The van der Waals surface area contributed by atoms with Crippen LogP contribution in [0.25, 0.3) is 0 Å². The van der Waals surface area contributed by atoms with E-state index >= 15 is 0 Å². The summed E-state index contributed by atoms with van der Waals surface area (Å²) >= 11 is 0. The second-order valence-electron chi connectivity index (χ2n) is 7.93. The van der Waals surface area contributed by atoms with Gasteiger partial charge in [0.1, 0.15) is 0 Å². The van der Waals surface area contributed by atoms with E-state index in [0.717, 1.165) is 38.0 Å². The van der Waals surface area contributed by atoms with Crippen LogP contribution in [-0.2, 0) is 0 Å². The molecule has 0 bridgehead atoms. The summed E-state index contributed by atoms with van der Waals surface area (Å²) in [5.41, 5.74) is 0. The minimum Gasteiger partial charge on any atom is -0.395 e. The molecule has 2 N–H and O–H groups in total. The minimum absolute atomic E-state index is 0.292. The SMILES string of the molecule is CC1CCCN(CC2CCNCC2N2CCN(CCO)CC2)C1. The lowest BCUT2D eigenvalue weighted by molar-refractivity contribution is 0.0333. The van der Waals surface area contributed by atoms with Gasteiger partial charge in [-0.25, -0.2) is 0 Å². The molecule has 3 atom stereocenters. The Morgan fingerprint density at radius 1 is 1.04 bits per heavy atom. The first kappa shape index (κ1) is 17.6. The van der Waals surface area contributed by atoms with Crippen molar-refractivity contribution in [1.82, 2.24) is 20.0 Å². The van der Waals surface area contributed by atoms with E-state index in [2.05, 4.69) is 26.9 Å². The van der Waals surface area contributed by atoms with Crippen molar-refractivity contribution in [1.29, 1.82) is 0 Å². The molecule has 23 heavy (non-hydrogen) atoms. The van der Waals surface area contributed by atoms with Crippen molar-refractivity contribution >= 4 is 0 Å². The molecule has 0 saturated carbocycles. The van der Waals surface area contributed by atoms with E-state index in [0.29, 0.717) is 12.6 Å². The Labute approximate surface area is 142 Å². The highest BCUT2D eigenvalue weighted by atomic mass is 16.3. The van der Waals surface area contributed by atoms with Gasteiger partial charge >= 0.3 is 0 Å². The monoisotopic (exact) mass is 324 g/mol. The summed E-state index contributed by atoms with van der Waals surface area (Å²) in [6.45, 7) is 14.4. The predicted octanol–water partition coefficient (Wildman–Crippen LogP) is 0.306. The van der Waals surface area contributed by atoms with Gasteiger partial charge in [0.05, 0.1) is 6.61 Å². The number of β-amino-alcohol motifs (C(OH)–C–C–N with tert-alkyl or cyclic N) is 1. The lowest BCUT2D eigenvalue weighted by atomic mass is 9.89. The molecule has 0 aromatic rings. The van der Waals surface area contributed by atoms with Gasteiger partial charge in [-0.05, 0) is 44.2 Å². The van der Waals surface area contributed by atoms with Crippen LogP contribution < -0.4 is 5.32 Å². The molecular weight excluding hydrogens is 288 g/mol. The Morgan fingerprint density at radius 2 is 1.87 bits per heavy atom. The molecule has 0 aliphatic carbocycles. The fraction of sp³-hybridized carbons (Fsp3) is 1.00.